The van der Waals surface area contributed by atoms with Crippen LogP contribution in [0.25, 0.3) is 66.4 Å². The van der Waals surface area contributed by atoms with Crippen LogP contribution in [0.3, 0.4) is 0 Å². The molecule has 260 valence electrons. The first-order chi connectivity index (χ1) is 26.9. The van der Waals surface area contributed by atoms with Gasteiger partial charge in [0.25, 0.3) is 0 Å². The highest BCUT2D eigenvalue weighted by Crippen LogP contribution is 2.63. The molecule has 2 heterocycles. The van der Waals surface area contributed by atoms with Crippen LogP contribution in [0.2, 0.25) is 0 Å². The molecule has 55 heavy (non-hydrogen) atoms. The van der Waals surface area contributed by atoms with Gasteiger partial charge in [-0.2, -0.15) is 0 Å². The van der Waals surface area contributed by atoms with Crippen molar-refractivity contribution < 1.29 is 4.42 Å². The van der Waals surface area contributed by atoms with Crippen LogP contribution >= 0.6 is 0 Å². The summed E-state index contributed by atoms with van der Waals surface area (Å²) in [6.45, 7) is 7.23. The van der Waals surface area contributed by atoms with Gasteiger partial charge in [0.05, 0.1) is 11.4 Å². The van der Waals surface area contributed by atoms with Crippen molar-refractivity contribution in [3.63, 3.8) is 0 Å². The van der Waals surface area contributed by atoms with E-state index < -0.39 is 0 Å². The first-order valence-electron chi connectivity index (χ1n) is 19.3. The van der Waals surface area contributed by atoms with E-state index in [1.165, 1.54) is 83.7 Å². The van der Waals surface area contributed by atoms with E-state index in [9.17, 15) is 0 Å². The average molecular weight is 704 g/mol. The summed E-state index contributed by atoms with van der Waals surface area (Å²) in [5.41, 5.74) is 22.2. The Labute approximate surface area is 320 Å². The molecule has 8 aromatic carbocycles. The molecule has 12 rings (SSSR count). The zero-order valence-corrected chi connectivity index (χ0v) is 31.0. The molecule has 0 saturated heterocycles. The number of benzene rings is 8. The van der Waals surface area contributed by atoms with Gasteiger partial charge in [0.15, 0.2) is 0 Å². The van der Waals surface area contributed by atoms with Crippen molar-refractivity contribution in [1.82, 2.24) is 0 Å². The quantitative estimate of drug-likeness (QED) is 0.182. The molecule has 0 radical (unpaired) electrons. The van der Waals surface area contributed by atoms with Crippen molar-refractivity contribution in [2.24, 2.45) is 0 Å². The van der Waals surface area contributed by atoms with Crippen LogP contribution in [0.5, 0.6) is 0 Å². The van der Waals surface area contributed by atoms with E-state index in [1.54, 1.807) is 0 Å². The lowest BCUT2D eigenvalue weighted by Gasteiger charge is -2.42. The van der Waals surface area contributed by atoms with E-state index in [-0.39, 0.29) is 10.8 Å². The molecule has 1 aromatic heterocycles. The third-order valence-corrected chi connectivity index (χ3v) is 13.0. The maximum absolute atomic E-state index is 6.14. The zero-order valence-electron chi connectivity index (χ0n) is 31.0. The third kappa shape index (κ3) is 3.99. The van der Waals surface area contributed by atoms with Gasteiger partial charge in [0.1, 0.15) is 11.2 Å². The normalized spacial score (nSPS) is 16.8. The summed E-state index contributed by atoms with van der Waals surface area (Å²) >= 11 is 0. The van der Waals surface area contributed by atoms with Gasteiger partial charge in [0, 0.05) is 27.3 Å². The molecule has 0 bridgehead atoms. The molecule has 3 aliphatic rings. The molecular weight excluding hydrogens is 667 g/mol. The minimum absolute atomic E-state index is 0.106. The van der Waals surface area contributed by atoms with Crippen LogP contribution < -0.4 is 4.90 Å². The number of fused-ring (bicyclic) bond motifs is 11. The second-order valence-electron chi connectivity index (χ2n) is 16.2. The van der Waals surface area contributed by atoms with E-state index in [2.05, 4.69) is 183 Å². The second-order valence-corrected chi connectivity index (χ2v) is 16.2. The Hall–Kier alpha value is -6.64. The molecule has 1 atom stereocenters. The first-order valence-corrected chi connectivity index (χ1v) is 19.3. The first kappa shape index (κ1) is 30.8. The lowest BCUT2D eigenvalue weighted by atomic mass is 9.69. The van der Waals surface area contributed by atoms with Gasteiger partial charge in [-0.1, -0.05) is 135 Å². The summed E-state index contributed by atoms with van der Waals surface area (Å²) in [4.78, 5) is 2.50. The van der Waals surface area contributed by atoms with Gasteiger partial charge in [-0.25, -0.2) is 0 Å². The average Bonchev–Trinajstić information content (AvgIpc) is 3.82. The lowest BCUT2D eigenvalue weighted by molar-refractivity contribution is 0.662. The SMILES string of the molecule is CC1(C)c2ccccc2-c2cccc(-c3ccc4c(c3)C3(C)c5ccccc5-c5cccc(c53)N4c3ccc(-c4ccc5oc6ccccc6c5c4)cc3)c21. The third-order valence-electron chi connectivity index (χ3n) is 13.0. The monoisotopic (exact) mass is 703 g/mol. The summed E-state index contributed by atoms with van der Waals surface area (Å²) in [6, 6.07) is 62.9. The predicted molar refractivity (Wildman–Crippen MR) is 228 cm³/mol. The van der Waals surface area contributed by atoms with Crippen LogP contribution in [-0.2, 0) is 10.8 Å². The van der Waals surface area contributed by atoms with Crippen LogP contribution in [0.4, 0.5) is 17.1 Å². The highest BCUT2D eigenvalue weighted by Gasteiger charge is 2.48. The zero-order chi connectivity index (χ0) is 36.6. The van der Waals surface area contributed by atoms with Gasteiger partial charge in [-0.05, 0) is 128 Å². The van der Waals surface area contributed by atoms with Crippen molar-refractivity contribution in [2.75, 3.05) is 4.90 Å². The smallest absolute Gasteiger partial charge is 0.135 e. The molecule has 0 spiro atoms. The molecular formula is C53H37NO. The Balaban J connectivity index is 1.04. The van der Waals surface area contributed by atoms with Gasteiger partial charge in [-0.3, -0.25) is 0 Å². The van der Waals surface area contributed by atoms with Crippen molar-refractivity contribution in [2.45, 2.75) is 31.6 Å². The molecule has 2 aliphatic carbocycles. The maximum Gasteiger partial charge on any atom is 0.135 e. The minimum atomic E-state index is -0.316. The number of rotatable bonds is 3. The standard InChI is InChI=1S/C53H37NO/c1-52(2)43-18-7-4-12-37(43)40-16-10-15-36(50(40)52)34-24-28-46-45(31-34)53(3)44-19-8-5-13-38(44)41-17-11-20-47(51(41)53)54(46)35-26-22-32(23-27-35)33-25-29-49-42(30-33)39-14-6-9-21-48(39)55-49/h4-31H,1-3H3. The fourth-order valence-electron chi connectivity index (χ4n) is 10.5. The summed E-state index contributed by atoms with van der Waals surface area (Å²) in [6.07, 6.45) is 0. The largest absolute Gasteiger partial charge is 0.456 e. The summed E-state index contributed by atoms with van der Waals surface area (Å²) < 4.78 is 6.14. The minimum Gasteiger partial charge on any atom is -0.456 e. The Morgan fingerprint density at radius 1 is 0.400 bits per heavy atom. The van der Waals surface area contributed by atoms with Crippen LogP contribution in [-0.4, -0.2) is 0 Å². The second kappa shape index (κ2) is 10.7. The number of furan rings is 1. The number of anilines is 3. The van der Waals surface area contributed by atoms with E-state index in [0.29, 0.717) is 0 Å². The number of nitrogens with zero attached hydrogens (tertiary/aromatic N) is 1. The Bertz CT molecular complexity index is 3090. The molecule has 2 nitrogen and oxygen atoms in total. The van der Waals surface area contributed by atoms with E-state index >= 15 is 0 Å². The Kier molecular flexibility index (Phi) is 6.01. The van der Waals surface area contributed by atoms with Gasteiger partial charge in [0.2, 0.25) is 0 Å². The Morgan fingerprint density at radius 3 is 1.85 bits per heavy atom. The summed E-state index contributed by atoms with van der Waals surface area (Å²) in [7, 11) is 0. The number of hydrogen-bond acceptors (Lipinski definition) is 2. The molecule has 0 fully saturated rings. The molecule has 0 saturated carbocycles. The van der Waals surface area contributed by atoms with E-state index in [0.717, 1.165) is 27.6 Å². The number of hydrogen-bond donors (Lipinski definition) is 0. The summed E-state index contributed by atoms with van der Waals surface area (Å²) in [5.74, 6) is 0. The van der Waals surface area contributed by atoms with Crippen molar-refractivity contribution in [3.05, 3.63) is 198 Å². The lowest BCUT2D eigenvalue weighted by Crippen LogP contribution is -2.32. The fraction of sp³-hybridized carbons (Fsp3) is 0.0943. The van der Waals surface area contributed by atoms with Crippen LogP contribution in [0.15, 0.2) is 174 Å². The maximum atomic E-state index is 6.14. The molecule has 0 N–H and O–H groups in total. The summed E-state index contributed by atoms with van der Waals surface area (Å²) in [5, 5.41) is 2.30. The highest BCUT2D eigenvalue weighted by atomic mass is 16.3. The fourth-order valence-corrected chi connectivity index (χ4v) is 10.5. The predicted octanol–water partition coefficient (Wildman–Crippen LogP) is 14.3. The highest BCUT2D eigenvalue weighted by molar-refractivity contribution is 6.06. The van der Waals surface area contributed by atoms with Crippen molar-refractivity contribution >= 4 is 39.0 Å². The van der Waals surface area contributed by atoms with Gasteiger partial charge >= 0.3 is 0 Å². The number of para-hydroxylation sites is 1. The molecule has 1 unspecified atom stereocenters. The molecule has 2 heteroatoms. The van der Waals surface area contributed by atoms with Crippen molar-refractivity contribution in [3.8, 4) is 44.5 Å². The van der Waals surface area contributed by atoms with Gasteiger partial charge < -0.3 is 9.32 Å². The molecule has 1 aliphatic heterocycles. The molecule has 0 amide bonds. The van der Waals surface area contributed by atoms with Crippen LogP contribution in [0, 0.1) is 0 Å². The van der Waals surface area contributed by atoms with E-state index in [1.807, 2.05) is 12.1 Å². The molecule has 9 aromatic rings. The van der Waals surface area contributed by atoms with Crippen molar-refractivity contribution in [1.29, 1.82) is 0 Å². The van der Waals surface area contributed by atoms with Gasteiger partial charge in [-0.15, -0.1) is 0 Å². The van der Waals surface area contributed by atoms with E-state index in [4.69, 9.17) is 4.42 Å². The van der Waals surface area contributed by atoms with Crippen LogP contribution in [0.1, 0.15) is 48.6 Å². The topological polar surface area (TPSA) is 16.4 Å². The Morgan fingerprint density at radius 2 is 1.02 bits per heavy atom.